The Morgan fingerprint density at radius 2 is 1.50 bits per heavy atom. The van der Waals surface area contributed by atoms with Crippen LogP contribution in [-0.4, -0.2) is 17.9 Å². The standard InChI is InChI=1S/C27H21F3N4O2/c1-3-26(2)24(20-5-4-6-23(15-20)36-27(28,29)30)33(21-11-7-18(16-31)8-12-21)25(35)34(26)22-13-9-19(17-32)10-14-22/h4-15,24H,3H2,1-2H3/t24-,26+/m0/s1. The number of urea groups is 1. The third-order valence-corrected chi connectivity index (χ3v) is 6.41. The molecule has 9 heteroatoms. The summed E-state index contributed by atoms with van der Waals surface area (Å²) in [6.07, 6.45) is -4.40. The van der Waals surface area contributed by atoms with E-state index in [9.17, 15) is 28.5 Å². The fraction of sp³-hybridized carbons (Fsp3) is 0.222. The van der Waals surface area contributed by atoms with Gasteiger partial charge in [0.1, 0.15) is 5.75 Å². The molecule has 0 aromatic heterocycles. The fourth-order valence-electron chi connectivity index (χ4n) is 4.62. The third kappa shape index (κ3) is 4.44. The van der Waals surface area contributed by atoms with Gasteiger partial charge in [0, 0.05) is 11.4 Å². The number of carbonyl (C=O) groups excluding carboxylic acids is 1. The van der Waals surface area contributed by atoms with Crippen LogP contribution in [0, 0.1) is 22.7 Å². The average molecular weight is 490 g/mol. The topological polar surface area (TPSA) is 80.4 Å². The molecule has 0 aliphatic carbocycles. The molecule has 182 valence electrons. The molecule has 4 rings (SSSR count). The van der Waals surface area contributed by atoms with E-state index in [-0.39, 0.29) is 11.8 Å². The van der Waals surface area contributed by atoms with Crippen LogP contribution < -0.4 is 14.5 Å². The molecule has 1 aliphatic rings. The quantitative estimate of drug-likeness (QED) is 0.399. The van der Waals surface area contributed by atoms with E-state index in [1.807, 2.05) is 26.0 Å². The number of benzene rings is 3. The van der Waals surface area contributed by atoms with E-state index in [0.717, 1.165) is 0 Å². The lowest BCUT2D eigenvalue weighted by atomic mass is 9.83. The van der Waals surface area contributed by atoms with Gasteiger partial charge in [-0.2, -0.15) is 10.5 Å². The van der Waals surface area contributed by atoms with E-state index < -0.39 is 17.9 Å². The van der Waals surface area contributed by atoms with Crippen LogP contribution in [-0.2, 0) is 0 Å². The highest BCUT2D eigenvalue weighted by Gasteiger charge is 2.55. The van der Waals surface area contributed by atoms with Gasteiger partial charge < -0.3 is 4.74 Å². The summed E-state index contributed by atoms with van der Waals surface area (Å²) in [7, 11) is 0. The number of ether oxygens (including phenoxy) is 1. The molecule has 36 heavy (non-hydrogen) atoms. The number of anilines is 2. The minimum atomic E-state index is -4.86. The van der Waals surface area contributed by atoms with Gasteiger partial charge in [-0.1, -0.05) is 19.1 Å². The molecule has 1 saturated heterocycles. The van der Waals surface area contributed by atoms with Crippen molar-refractivity contribution in [3.63, 3.8) is 0 Å². The Kier molecular flexibility index (Phi) is 6.34. The molecule has 0 bridgehead atoms. The summed E-state index contributed by atoms with van der Waals surface area (Å²) in [6, 6.07) is 21.6. The van der Waals surface area contributed by atoms with Crippen molar-refractivity contribution >= 4 is 17.4 Å². The summed E-state index contributed by atoms with van der Waals surface area (Å²) in [5, 5.41) is 18.4. The molecule has 0 unspecified atom stereocenters. The van der Waals surface area contributed by atoms with Gasteiger partial charge in [0.25, 0.3) is 0 Å². The van der Waals surface area contributed by atoms with E-state index >= 15 is 0 Å². The number of amides is 2. The van der Waals surface area contributed by atoms with E-state index in [0.29, 0.717) is 34.5 Å². The van der Waals surface area contributed by atoms with Crippen LogP contribution in [0.2, 0.25) is 0 Å². The molecule has 0 N–H and O–H groups in total. The van der Waals surface area contributed by atoms with Gasteiger partial charge in [-0.05, 0) is 79.6 Å². The lowest BCUT2D eigenvalue weighted by Crippen LogP contribution is -2.45. The first kappa shape index (κ1) is 24.6. The van der Waals surface area contributed by atoms with Crippen LogP contribution in [0.3, 0.4) is 0 Å². The zero-order valence-corrected chi connectivity index (χ0v) is 19.5. The van der Waals surface area contributed by atoms with Crippen LogP contribution in [0.1, 0.15) is 43.0 Å². The maximum atomic E-state index is 14.0. The van der Waals surface area contributed by atoms with Gasteiger partial charge in [-0.15, -0.1) is 13.2 Å². The minimum absolute atomic E-state index is 0.387. The lowest BCUT2D eigenvalue weighted by Gasteiger charge is -2.38. The normalized spacial score (nSPS) is 19.6. The van der Waals surface area contributed by atoms with Gasteiger partial charge in [-0.25, -0.2) is 4.79 Å². The summed E-state index contributed by atoms with van der Waals surface area (Å²) < 4.78 is 43.0. The summed E-state index contributed by atoms with van der Waals surface area (Å²) >= 11 is 0. The monoisotopic (exact) mass is 490 g/mol. The first-order valence-corrected chi connectivity index (χ1v) is 11.1. The Labute approximate surface area is 206 Å². The Hall–Kier alpha value is -4.50. The Bertz CT molecular complexity index is 1360. The number of rotatable bonds is 5. The van der Waals surface area contributed by atoms with Crippen LogP contribution >= 0.6 is 0 Å². The van der Waals surface area contributed by atoms with Crippen molar-refractivity contribution in [3.05, 3.63) is 89.5 Å². The number of hydrogen-bond acceptors (Lipinski definition) is 4. The van der Waals surface area contributed by atoms with Crippen molar-refractivity contribution < 1.29 is 22.7 Å². The number of halogens is 3. The average Bonchev–Trinajstić information content (AvgIpc) is 3.10. The second-order valence-corrected chi connectivity index (χ2v) is 8.54. The first-order valence-electron chi connectivity index (χ1n) is 11.1. The van der Waals surface area contributed by atoms with Gasteiger partial charge in [0.05, 0.1) is 34.8 Å². The van der Waals surface area contributed by atoms with Crippen molar-refractivity contribution in [2.24, 2.45) is 0 Å². The van der Waals surface area contributed by atoms with Crippen molar-refractivity contribution in [2.75, 3.05) is 9.80 Å². The second-order valence-electron chi connectivity index (χ2n) is 8.54. The Morgan fingerprint density at radius 1 is 0.944 bits per heavy atom. The number of nitrogens with zero attached hydrogens (tertiary/aromatic N) is 4. The van der Waals surface area contributed by atoms with Gasteiger partial charge in [0.15, 0.2) is 0 Å². The maximum Gasteiger partial charge on any atom is 0.573 e. The highest BCUT2D eigenvalue weighted by molar-refractivity contribution is 6.08. The van der Waals surface area contributed by atoms with Crippen LogP contribution in [0.5, 0.6) is 5.75 Å². The molecule has 2 amide bonds. The van der Waals surface area contributed by atoms with Crippen LogP contribution in [0.4, 0.5) is 29.3 Å². The molecule has 0 radical (unpaired) electrons. The summed E-state index contributed by atoms with van der Waals surface area (Å²) in [4.78, 5) is 17.1. The minimum Gasteiger partial charge on any atom is -0.406 e. The van der Waals surface area contributed by atoms with Gasteiger partial charge >= 0.3 is 12.4 Å². The van der Waals surface area contributed by atoms with E-state index in [1.165, 1.54) is 23.1 Å². The Balaban J connectivity index is 1.90. The molecular weight excluding hydrogens is 469 g/mol. The molecule has 1 heterocycles. The van der Waals surface area contributed by atoms with E-state index in [4.69, 9.17) is 0 Å². The smallest absolute Gasteiger partial charge is 0.406 e. The predicted octanol–water partition coefficient (Wildman–Crippen LogP) is 6.69. The van der Waals surface area contributed by atoms with Crippen molar-refractivity contribution in [3.8, 4) is 17.9 Å². The second kappa shape index (κ2) is 9.27. The van der Waals surface area contributed by atoms with Crippen molar-refractivity contribution in [1.82, 2.24) is 0 Å². The summed E-state index contributed by atoms with van der Waals surface area (Å²) in [5.41, 5.74) is 1.44. The molecule has 2 atom stereocenters. The number of carbonyl (C=O) groups is 1. The largest absolute Gasteiger partial charge is 0.573 e. The molecular formula is C27H21F3N4O2. The highest BCUT2D eigenvalue weighted by atomic mass is 19.4. The zero-order chi connectivity index (χ0) is 26.1. The van der Waals surface area contributed by atoms with Crippen LogP contribution in [0.25, 0.3) is 0 Å². The van der Waals surface area contributed by atoms with Gasteiger partial charge in [0.2, 0.25) is 0 Å². The van der Waals surface area contributed by atoms with E-state index in [2.05, 4.69) is 4.74 Å². The zero-order valence-electron chi connectivity index (χ0n) is 19.5. The number of nitriles is 2. The summed E-state index contributed by atoms with van der Waals surface area (Å²) in [6.45, 7) is 3.77. The fourth-order valence-corrected chi connectivity index (χ4v) is 4.62. The van der Waals surface area contributed by atoms with Crippen molar-refractivity contribution in [2.45, 2.75) is 38.2 Å². The molecule has 3 aromatic carbocycles. The lowest BCUT2D eigenvalue weighted by molar-refractivity contribution is -0.274. The predicted molar refractivity (Wildman–Crippen MR) is 127 cm³/mol. The molecule has 6 nitrogen and oxygen atoms in total. The summed E-state index contributed by atoms with van der Waals surface area (Å²) in [5.74, 6) is -0.387. The van der Waals surface area contributed by atoms with Gasteiger partial charge in [-0.3, -0.25) is 9.80 Å². The van der Waals surface area contributed by atoms with Crippen molar-refractivity contribution in [1.29, 1.82) is 10.5 Å². The van der Waals surface area contributed by atoms with Crippen LogP contribution in [0.15, 0.2) is 72.8 Å². The SMILES string of the molecule is CC[C@]1(C)[C@H](c2cccc(OC(F)(F)F)c2)N(c2ccc(C#N)cc2)C(=O)N1c1ccc(C#N)cc1. The van der Waals surface area contributed by atoms with E-state index in [1.54, 1.807) is 59.5 Å². The Morgan fingerprint density at radius 3 is 2.00 bits per heavy atom. The molecule has 0 spiro atoms. The molecule has 0 saturated carbocycles. The molecule has 3 aromatic rings. The molecule has 1 aliphatic heterocycles. The first-order chi connectivity index (χ1) is 17.1. The molecule has 1 fully saturated rings. The highest BCUT2D eigenvalue weighted by Crippen LogP contribution is 2.50. The number of hydrogen-bond donors (Lipinski definition) is 0. The third-order valence-electron chi connectivity index (χ3n) is 6.41. The maximum absolute atomic E-state index is 14.0. The number of alkyl halides is 3.